The van der Waals surface area contributed by atoms with E-state index in [1.165, 1.54) is 0 Å². The molecule has 2 rings (SSSR count). The molecule has 3 heteroatoms. The van der Waals surface area contributed by atoms with Crippen molar-refractivity contribution in [3.05, 3.63) is 35.4 Å². The van der Waals surface area contributed by atoms with Gasteiger partial charge >= 0.3 is 0 Å². The van der Waals surface area contributed by atoms with Crippen molar-refractivity contribution < 1.29 is 14.4 Å². The van der Waals surface area contributed by atoms with E-state index in [9.17, 15) is 14.4 Å². The molecule has 0 aliphatic heterocycles. The first-order valence-electron chi connectivity index (χ1n) is 6.70. The lowest BCUT2D eigenvalue weighted by Crippen LogP contribution is -2.39. The van der Waals surface area contributed by atoms with Gasteiger partial charge in [0.15, 0.2) is 17.3 Å². The monoisotopic (exact) mass is 258 g/mol. The van der Waals surface area contributed by atoms with Crippen LogP contribution in [0.5, 0.6) is 0 Å². The van der Waals surface area contributed by atoms with Gasteiger partial charge < -0.3 is 0 Å². The maximum Gasteiger partial charge on any atom is 0.158 e. The second kappa shape index (κ2) is 5.47. The summed E-state index contributed by atoms with van der Waals surface area (Å²) in [5.41, 5.74) is 2.04. The standard InChI is InChI=1S/C16H18O3/c1-3-13(17)15-14(18)9-8-12(16(15)19)11-6-4-10(2)5-7-11/h4-7,12,15H,3,8-9H2,1-2H3. The molecule has 0 N–H and O–H groups in total. The second-order valence-electron chi connectivity index (χ2n) is 5.12. The Morgan fingerprint density at radius 2 is 1.84 bits per heavy atom. The van der Waals surface area contributed by atoms with Crippen molar-refractivity contribution in [2.24, 2.45) is 5.92 Å². The van der Waals surface area contributed by atoms with Gasteiger partial charge in [0.25, 0.3) is 0 Å². The Morgan fingerprint density at radius 1 is 1.21 bits per heavy atom. The lowest BCUT2D eigenvalue weighted by Gasteiger charge is -2.26. The third-order valence-electron chi connectivity index (χ3n) is 3.78. The highest BCUT2D eigenvalue weighted by molar-refractivity contribution is 6.22. The van der Waals surface area contributed by atoms with Crippen LogP contribution in [0.2, 0.25) is 0 Å². The summed E-state index contributed by atoms with van der Waals surface area (Å²) in [5.74, 6) is -2.00. The molecule has 3 nitrogen and oxygen atoms in total. The van der Waals surface area contributed by atoms with E-state index in [-0.39, 0.29) is 29.7 Å². The molecule has 0 amide bonds. The van der Waals surface area contributed by atoms with Gasteiger partial charge in [0.05, 0.1) is 0 Å². The largest absolute Gasteiger partial charge is 0.298 e. The normalized spacial score (nSPS) is 23.5. The Morgan fingerprint density at radius 3 is 2.42 bits per heavy atom. The predicted molar refractivity (Wildman–Crippen MR) is 72.0 cm³/mol. The highest BCUT2D eigenvalue weighted by atomic mass is 16.2. The Hall–Kier alpha value is -1.77. The minimum Gasteiger partial charge on any atom is -0.298 e. The van der Waals surface area contributed by atoms with Gasteiger partial charge in [-0.2, -0.15) is 0 Å². The average molecular weight is 258 g/mol. The lowest BCUT2D eigenvalue weighted by molar-refractivity contribution is -0.143. The molecule has 0 spiro atoms. The SMILES string of the molecule is CCC(=O)C1C(=O)CCC(c2ccc(C)cc2)C1=O. The molecule has 1 fully saturated rings. The first kappa shape index (κ1) is 13.7. The lowest BCUT2D eigenvalue weighted by atomic mass is 9.74. The minimum atomic E-state index is -1.02. The smallest absolute Gasteiger partial charge is 0.158 e. The molecule has 1 saturated carbocycles. The topological polar surface area (TPSA) is 51.2 Å². The molecule has 19 heavy (non-hydrogen) atoms. The molecule has 0 aromatic heterocycles. The summed E-state index contributed by atoms with van der Waals surface area (Å²) in [7, 11) is 0. The summed E-state index contributed by atoms with van der Waals surface area (Å²) in [4.78, 5) is 36.0. The molecular weight excluding hydrogens is 240 g/mol. The summed E-state index contributed by atoms with van der Waals surface area (Å²) < 4.78 is 0. The number of benzene rings is 1. The fraction of sp³-hybridized carbons (Fsp3) is 0.438. The van der Waals surface area contributed by atoms with Crippen molar-refractivity contribution in [3.8, 4) is 0 Å². The van der Waals surface area contributed by atoms with Crippen LogP contribution < -0.4 is 0 Å². The van der Waals surface area contributed by atoms with E-state index < -0.39 is 5.92 Å². The molecule has 1 aromatic carbocycles. The van der Waals surface area contributed by atoms with Gasteiger partial charge in [-0.05, 0) is 18.9 Å². The molecule has 0 radical (unpaired) electrons. The fourth-order valence-corrected chi connectivity index (χ4v) is 2.61. The molecule has 0 saturated heterocycles. The highest BCUT2D eigenvalue weighted by Crippen LogP contribution is 2.32. The van der Waals surface area contributed by atoms with Gasteiger partial charge in [0, 0.05) is 18.8 Å². The van der Waals surface area contributed by atoms with E-state index in [0.29, 0.717) is 12.8 Å². The van der Waals surface area contributed by atoms with Crippen molar-refractivity contribution in [1.29, 1.82) is 0 Å². The summed E-state index contributed by atoms with van der Waals surface area (Å²) in [6.07, 6.45) is 1.08. The third kappa shape index (κ3) is 2.65. The van der Waals surface area contributed by atoms with Crippen molar-refractivity contribution in [3.63, 3.8) is 0 Å². The van der Waals surface area contributed by atoms with Crippen LogP contribution in [0, 0.1) is 12.8 Å². The van der Waals surface area contributed by atoms with Gasteiger partial charge in [-0.25, -0.2) is 0 Å². The molecule has 100 valence electrons. The number of hydrogen-bond donors (Lipinski definition) is 0. The van der Waals surface area contributed by atoms with Gasteiger partial charge in [-0.1, -0.05) is 36.8 Å². The van der Waals surface area contributed by atoms with Crippen LogP contribution in [-0.2, 0) is 14.4 Å². The zero-order chi connectivity index (χ0) is 14.0. The van der Waals surface area contributed by atoms with Gasteiger partial charge in [-0.15, -0.1) is 0 Å². The molecular formula is C16H18O3. The van der Waals surface area contributed by atoms with E-state index in [1.807, 2.05) is 31.2 Å². The number of rotatable bonds is 3. The Labute approximate surface area is 113 Å². The number of carbonyl (C=O) groups is 3. The van der Waals surface area contributed by atoms with Gasteiger partial charge in [0.1, 0.15) is 5.92 Å². The number of Topliss-reactive ketones (excluding diaryl/α,β-unsaturated/α-hetero) is 3. The maximum absolute atomic E-state index is 12.4. The molecule has 1 aliphatic carbocycles. The summed E-state index contributed by atoms with van der Waals surface area (Å²) in [6.45, 7) is 3.68. The highest BCUT2D eigenvalue weighted by Gasteiger charge is 2.41. The maximum atomic E-state index is 12.4. The van der Waals surface area contributed by atoms with Gasteiger partial charge in [0.2, 0.25) is 0 Å². The molecule has 0 bridgehead atoms. The van der Waals surface area contributed by atoms with E-state index in [4.69, 9.17) is 0 Å². The van der Waals surface area contributed by atoms with Crippen LogP contribution in [-0.4, -0.2) is 17.3 Å². The van der Waals surface area contributed by atoms with Crippen LogP contribution in [0.1, 0.15) is 43.2 Å². The number of ketones is 3. The van der Waals surface area contributed by atoms with E-state index in [0.717, 1.165) is 11.1 Å². The van der Waals surface area contributed by atoms with Crippen LogP contribution in [0.4, 0.5) is 0 Å². The van der Waals surface area contributed by atoms with Crippen molar-refractivity contribution in [2.75, 3.05) is 0 Å². The summed E-state index contributed by atoms with van der Waals surface area (Å²) in [5, 5.41) is 0. The summed E-state index contributed by atoms with van der Waals surface area (Å²) in [6, 6.07) is 7.74. The first-order valence-corrected chi connectivity index (χ1v) is 6.70. The van der Waals surface area contributed by atoms with E-state index >= 15 is 0 Å². The molecule has 2 atom stereocenters. The number of aryl methyl sites for hydroxylation is 1. The first-order chi connectivity index (χ1) is 9.04. The van der Waals surface area contributed by atoms with Crippen molar-refractivity contribution >= 4 is 17.3 Å². The number of hydrogen-bond acceptors (Lipinski definition) is 3. The quantitative estimate of drug-likeness (QED) is 0.783. The van der Waals surface area contributed by atoms with Crippen LogP contribution in [0.25, 0.3) is 0 Å². The molecule has 0 heterocycles. The second-order valence-corrected chi connectivity index (χ2v) is 5.12. The summed E-state index contributed by atoms with van der Waals surface area (Å²) >= 11 is 0. The van der Waals surface area contributed by atoms with Crippen LogP contribution >= 0.6 is 0 Å². The predicted octanol–water partition coefficient (Wildman–Crippen LogP) is 2.61. The molecule has 2 unspecified atom stereocenters. The van der Waals surface area contributed by atoms with Crippen molar-refractivity contribution in [2.45, 2.75) is 39.0 Å². The average Bonchev–Trinajstić information content (AvgIpc) is 2.40. The Bertz CT molecular complexity index is 505. The number of carbonyl (C=O) groups excluding carboxylic acids is 3. The zero-order valence-corrected chi connectivity index (χ0v) is 11.3. The van der Waals surface area contributed by atoms with E-state index in [1.54, 1.807) is 6.92 Å². The van der Waals surface area contributed by atoms with Crippen LogP contribution in [0.15, 0.2) is 24.3 Å². The Balaban J connectivity index is 2.28. The van der Waals surface area contributed by atoms with Crippen LogP contribution in [0.3, 0.4) is 0 Å². The molecule has 1 aromatic rings. The minimum absolute atomic E-state index is 0.208. The third-order valence-corrected chi connectivity index (χ3v) is 3.78. The van der Waals surface area contributed by atoms with Gasteiger partial charge in [-0.3, -0.25) is 14.4 Å². The molecule has 1 aliphatic rings. The fourth-order valence-electron chi connectivity index (χ4n) is 2.61. The Kier molecular flexibility index (Phi) is 3.93. The van der Waals surface area contributed by atoms with E-state index in [2.05, 4.69) is 0 Å². The zero-order valence-electron chi connectivity index (χ0n) is 11.3. The van der Waals surface area contributed by atoms with Crippen molar-refractivity contribution in [1.82, 2.24) is 0 Å².